The molecule has 1 aromatic carbocycles. The van der Waals surface area contributed by atoms with Crippen molar-refractivity contribution in [2.45, 2.75) is 36.9 Å². The van der Waals surface area contributed by atoms with E-state index in [0.29, 0.717) is 5.16 Å². The molecule has 6 heteroatoms. The molecule has 2 aromatic rings. The molecule has 0 atom stereocenters. The molecular weight excluding hydrogens is 272 g/mol. The molecular formula is C14H20N4OS. The molecule has 0 saturated heterocycles. The number of aryl methyl sites for hydroxylation is 1. The van der Waals surface area contributed by atoms with Crippen LogP contribution in [0.3, 0.4) is 0 Å². The molecule has 0 aliphatic heterocycles. The number of nitrogens with one attached hydrogen (secondary N) is 2. The second kappa shape index (κ2) is 6.76. The van der Waals surface area contributed by atoms with Crippen LogP contribution in [-0.2, 0) is 13.6 Å². The molecule has 2 N–H and O–H groups in total. The zero-order valence-corrected chi connectivity index (χ0v) is 12.9. The summed E-state index contributed by atoms with van der Waals surface area (Å²) in [5, 5.41) is 10.5. The number of aromatic amines is 1. The van der Waals surface area contributed by atoms with Gasteiger partial charge in [0, 0.05) is 18.5 Å². The second-order valence-corrected chi connectivity index (χ2v) is 5.78. The number of hydrogen-bond donors (Lipinski definition) is 2. The van der Waals surface area contributed by atoms with E-state index >= 15 is 0 Å². The molecule has 2 rings (SSSR count). The van der Waals surface area contributed by atoms with E-state index in [4.69, 9.17) is 0 Å². The molecule has 0 saturated carbocycles. The zero-order valence-electron chi connectivity index (χ0n) is 12.1. The van der Waals surface area contributed by atoms with Gasteiger partial charge in [0.05, 0.1) is 0 Å². The van der Waals surface area contributed by atoms with Gasteiger partial charge >= 0.3 is 5.69 Å². The summed E-state index contributed by atoms with van der Waals surface area (Å²) in [6.07, 6.45) is 1.14. The van der Waals surface area contributed by atoms with Gasteiger partial charge in [0.2, 0.25) is 0 Å². The summed E-state index contributed by atoms with van der Waals surface area (Å²) in [7, 11) is 1.71. The molecule has 0 aliphatic carbocycles. The average Bonchev–Trinajstić information content (AvgIpc) is 2.73. The molecule has 0 fully saturated rings. The highest BCUT2D eigenvalue weighted by Gasteiger charge is 2.07. The third kappa shape index (κ3) is 3.52. The quantitative estimate of drug-likeness (QED) is 0.800. The van der Waals surface area contributed by atoms with Crippen LogP contribution in [0.1, 0.15) is 24.5 Å². The van der Waals surface area contributed by atoms with Crippen molar-refractivity contribution in [1.82, 2.24) is 20.1 Å². The van der Waals surface area contributed by atoms with Gasteiger partial charge in [-0.3, -0.25) is 4.57 Å². The third-order valence-electron chi connectivity index (χ3n) is 3.10. The maximum Gasteiger partial charge on any atom is 0.343 e. The van der Waals surface area contributed by atoms with E-state index in [1.165, 1.54) is 27.5 Å². The number of nitrogens with zero attached hydrogens (tertiary/aromatic N) is 2. The third-order valence-corrected chi connectivity index (χ3v) is 4.14. The van der Waals surface area contributed by atoms with E-state index < -0.39 is 0 Å². The molecule has 0 amide bonds. The van der Waals surface area contributed by atoms with Crippen LogP contribution < -0.4 is 11.0 Å². The van der Waals surface area contributed by atoms with Crippen LogP contribution in [0, 0.1) is 6.92 Å². The second-order valence-electron chi connectivity index (χ2n) is 4.74. The molecule has 108 valence electrons. The molecule has 0 unspecified atom stereocenters. The molecule has 0 radical (unpaired) electrons. The van der Waals surface area contributed by atoms with Crippen molar-refractivity contribution in [3.05, 3.63) is 39.8 Å². The van der Waals surface area contributed by atoms with Crippen LogP contribution in [-0.4, -0.2) is 21.3 Å². The Morgan fingerprint density at radius 2 is 2.25 bits per heavy atom. The van der Waals surface area contributed by atoms with Gasteiger partial charge in [-0.1, -0.05) is 13.0 Å². The first-order valence-electron chi connectivity index (χ1n) is 6.71. The van der Waals surface area contributed by atoms with Crippen LogP contribution in [0.5, 0.6) is 0 Å². The maximum atomic E-state index is 11.3. The smallest absolute Gasteiger partial charge is 0.313 e. The summed E-state index contributed by atoms with van der Waals surface area (Å²) in [4.78, 5) is 12.4. The van der Waals surface area contributed by atoms with Gasteiger partial charge in [0.15, 0.2) is 5.16 Å². The monoisotopic (exact) mass is 292 g/mol. The highest BCUT2D eigenvalue weighted by atomic mass is 32.2. The van der Waals surface area contributed by atoms with Gasteiger partial charge < -0.3 is 5.32 Å². The van der Waals surface area contributed by atoms with Crippen LogP contribution in [0.4, 0.5) is 0 Å². The minimum absolute atomic E-state index is 0.190. The van der Waals surface area contributed by atoms with Gasteiger partial charge in [0.1, 0.15) is 0 Å². The number of H-pyrrole nitrogens is 1. The summed E-state index contributed by atoms with van der Waals surface area (Å²) < 4.78 is 1.51. The van der Waals surface area contributed by atoms with E-state index in [-0.39, 0.29) is 5.69 Å². The van der Waals surface area contributed by atoms with Gasteiger partial charge in [-0.2, -0.15) is 0 Å². The molecule has 5 nitrogen and oxygen atoms in total. The highest BCUT2D eigenvalue weighted by molar-refractivity contribution is 7.99. The lowest BCUT2D eigenvalue weighted by Gasteiger charge is -2.09. The van der Waals surface area contributed by atoms with Crippen molar-refractivity contribution >= 4 is 11.8 Å². The summed E-state index contributed by atoms with van der Waals surface area (Å²) in [6, 6.07) is 6.33. The Balaban J connectivity index is 2.09. The van der Waals surface area contributed by atoms with Gasteiger partial charge in [-0.05, 0) is 54.9 Å². The largest absolute Gasteiger partial charge is 0.343 e. The molecule has 0 spiro atoms. The summed E-state index contributed by atoms with van der Waals surface area (Å²) in [5.41, 5.74) is 2.36. The molecule has 20 heavy (non-hydrogen) atoms. The van der Waals surface area contributed by atoms with Crippen molar-refractivity contribution in [2.75, 3.05) is 6.54 Å². The van der Waals surface area contributed by atoms with Crippen molar-refractivity contribution < 1.29 is 0 Å². The number of rotatable bonds is 6. The molecule has 1 heterocycles. The Morgan fingerprint density at radius 3 is 2.85 bits per heavy atom. The van der Waals surface area contributed by atoms with Gasteiger partial charge in [-0.15, -0.1) is 5.10 Å². The first-order valence-corrected chi connectivity index (χ1v) is 7.53. The lowest BCUT2D eigenvalue weighted by molar-refractivity contribution is 0.673. The Bertz CT molecular complexity index is 632. The Hall–Kier alpha value is -1.53. The maximum absolute atomic E-state index is 11.3. The van der Waals surface area contributed by atoms with Gasteiger partial charge in [0.25, 0.3) is 0 Å². The lowest BCUT2D eigenvalue weighted by Crippen LogP contribution is -2.14. The zero-order chi connectivity index (χ0) is 14.5. The Labute approximate surface area is 122 Å². The standard InChI is InChI=1S/C14H20N4OS/c1-4-7-15-9-11-5-6-12(8-10(11)2)20-14-17-16-13(19)18(14)3/h5-6,8,15H,4,7,9H2,1-3H3,(H,16,19). The van der Waals surface area contributed by atoms with Crippen LogP contribution in [0.2, 0.25) is 0 Å². The fourth-order valence-electron chi connectivity index (χ4n) is 1.86. The predicted octanol–water partition coefficient (Wildman–Crippen LogP) is 2.07. The molecule has 0 bridgehead atoms. The first kappa shape index (κ1) is 14.9. The predicted molar refractivity (Wildman–Crippen MR) is 81.1 cm³/mol. The van der Waals surface area contributed by atoms with E-state index in [9.17, 15) is 4.79 Å². The van der Waals surface area contributed by atoms with Crippen molar-refractivity contribution in [2.24, 2.45) is 7.05 Å². The van der Waals surface area contributed by atoms with E-state index in [2.05, 4.69) is 47.6 Å². The SMILES string of the molecule is CCCNCc1ccc(Sc2n[nH]c(=O)n2C)cc1C. The molecule has 1 aromatic heterocycles. The number of benzene rings is 1. The normalized spacial score (nSPS) is 10.9. The van der Waals surface area contributed by atoms with E-state index in [0.717, 1.165) is 24.4 Å². The topological polar surface area (TPSA) is 62.7 Å². The van der Waals surface area contributed by atoms with E-state index in [1.807, 2.05) is 0 Å². The minimum atomic E-state index is -0.190. The number of hydrogen-bond acceptors (Lipinski definition) is 4. The van der Waals surface area contributed by atoms with Crippen molar-refractivity contribution in [3.63, 3.8) is 0 Å². The highest BCUT2D eigenvalue weighted by Crippen LogP contribution is 2.26. The minimum Gasteiger partial charge on any atom is -0.313 e. The van der Waals surface area contributed by atoms with Crippen molar-refractivity contribution in [3.8, 4) is 0 Å². The van der Waals surface area contributed by atoms with E-state index in [1.54, 1.807) is 7.05 Å². The van der Waals surface area contributed by atoms with Crippen LogP contribution in [0.15, 0.2) is 33.0 Å². The van der Waals surface area contributed by atoms with Crippen LogP contribution in [0.25, 0.3) is 0 Å². The first-order chi connectivity index (χ1) is 9.61. The van der Waals surface area contributed by atoms with Crippen molar-refractivity contribution in [1.29, 1.82) is 0 Å². The molecule has 0 aliphatic rings. The van der Waals surface area contributed by atoms with Crippen LogP contribution >= 0.6 is 11.8 Å². The summed E-state index contributed by atoms with van der Waals surface area (Å²) in [5.74, 6) is 0. The average molecular weight is 292 g/mol. The fraction of sp³-hybridized carbons (Fsp3) is 0.429. The Kier molecular flexibility index (Phi) is 5.03. The Morgan fingerprint density at radius 1 is 1.45 bits per heavy atom. The fourth-order valence-corrected chi connectivity index (χ4v) is 2.75. The number of aromatic nitrogens is 3. The summed E-state index contributed by atoms with van der Waals surface area (Å²) >= 11 is 1.49. The summed E-state index contributed by atoms with van der Waals surface area (Å²) in [6.45, 7) is 6.20. The van der Waals surface area contributed by atoms with Gasteiger partial charge in [-0.25, -0.2) is 9.89 Å². The lowest BCUT2D eigenvalue weighted by atomic mass is 10.1.